The van der Waals surface area contributed by atoms with Crippen molar-refractivity contribution in [2.24, 2.45) is 4.99 Å². The zero-order valence-electron chi connectivity index (χ0n) is 13.9. The van der Waals surface area contributed by atoms with Crippen LogP contribution >= 0.6 is 11.8 Å². The zero-order valence-corrected chi connectivity index (χ0v) is 14.7. The molecule has 20 heavy (non-hydrogen) atoms. The maximum atomic E-state index is 4.61. The Morgan fingerprint density at radius 2 is 1.90 bits per heavy atom. The van der Waals surface area contributed by atoms with E-state index in [0.717, 1.165) is 32.1 Å². The number of guanidine groups is 1. The van der Waals surface area contributed by atoms with Gasteiger partial charge in [0.05, 0.1) is 0 Å². The van der Waals surface area contributed by atoms with Gasteiger partial charge in [0.1, 0.15) is 0 Å². The minimum Gasteiger partial charge on any atom is -0.357 e. The summed E-state index contributed by atoms with van der Waals surface area (Å²) in [5, 5.41) is 6.72. The fourth-order valence-electron chi connectivity index (χ4n) is 1.80. The van der Waals surface area contributed by atoms with Crippen LogP contribution in [-0.2, 0) is 0 Å². The Morgan fingerprint density at radius 1 is 1.10 bits per heavy atom. The van der Waals surface area contributed by atoms with Crippen LogP contribution in [0, 0.1) is 0 Å². The normalized spacial score (nSPS) is 11.9. The molecule has 0 aliphatic heterocycles. The molecule has 0 aliphatic carbocycles. The second kappa shape index (κ2) is 15.0. The highest BCUT2D eigenvalue weighted by Gasteiger charge is 1.99. The van der Waals surface area contributed by atoms with E-state index in [1.165, 1.54) is 38.0 Å². The van der Waals surface area contributed by atoms with E-state index >= 15 is 0 Å². The lowest BCUT2D eigenvalue weighted by molar-refractivity contribution is 0.332. The second-order valence-electron chi connectivity index (χ2n) is 5.04. The largest absolute Gasteiger partial charge is 0.357 e. The van der Waals surface area contributed by atoms with Gasteiger partial charge in [-0.3, -0.25) is 4.99 Å². The minimum atomic E-state index is 0.918. The van der Waals surface area contributed by atoms with E-state index in [4.69, 9.17) is 0 Å². The number of rotatable bonds is 12. The van der Waals surface area contributed by atoms with E-state index in [0.29, 0.717) is 0 Å². The van der Waals surface area contributed by atoms with Gasteiger partial charge < -0.3 is 15.5 Å². The van der Waals surface area contributed by atoms with Crippen molar-refractivity contribution in [3.63, 3.8) is 0 Å². The second-order valence-corrected chi connectivity index (χ2v) is 6.03. The van der Waals surface area contributed by atoms with E-state index in [-0.39, 0.29) is 0 Å². The first-order valence-electron chi connectivity index (χ1n) is 7.94. The van der Waals surface area contributed by atoms with Gasteiger partial charge >= 0.3 is 0 Å². The van der Waals surface area contributed by atoms with Gasteiger partial charge in [-0.05, 0) is 51.8 Å². The van der Waals surface area contributed by atoms with E-state index in [1.807, 2.05) is 11.8 Å². The monoisotopic (exact) mass is 302 g/mol. The average molecular weight is 303 g/mol. The van der Waals surface area contributed by atoms with Crippen molar-refractivity contribution in [2.45, 2.75) is 39.5 Å². The molecule has 0 rings (SSSR count). The lowest BCUT2D eigenvalue weighted by Crippen LogP contribution is -2.41. The minimum absolute atomic E-state index is 0.918. The van der Waals surface area contributed by atoms with Gasteiger partial charge in [0.25, 0.3) is 0 Å². The summed E-state index contributed by atoms with van der Waals surface area (Å²) >= 11 is 1.91. The summed E-state index contributed by atoms with van der Waals surface area (Å²) in [4.78, 5) is 6.98. The van der Waals surface area contributed by atoms with Crippen LogP contribution < -0.4 is 10.6 Å². The maximum Gasteiger partial charge on any atom is 0.191 e. The molecule has 0 saturated carbocycles. The highest BCUT2D eigenvalue weighted by Crippen LogP contribution is 1.98. The molecule has 0 aromatic rings. The molecule has 0 amide bonds. The Bertz CT molecular complexity index is 234. The van der Waals surface area contributed by atoms with E-state index < -0.39 is 0 Å². The highest BCUT2D eigenvalue weighted by molar-refractivity contribution is 7.98. The molecule has 0 spiro atoms. The molecule has 0 unspecified atom stereocenters. The van der Waals surface area contributed by atoms with Crippen LogP contribution in [0.1, 0.15) is 39.5 Å². The predicted octanol–water partition coefficient (Wildman–Crippen LogP) is 2.42. The predicted molar refractivity (Wildman–Crippen MR) is 94.0 cm³/mol. The van der Waals surface area contributed by atoms with E-state index in [1.54, 1.807) is 0 Å². The third kappa shape index (κ3) is 12.6. The molecule has 5 heteroatoms. The lowest BCUT2D eigenvalue weighted by Gasteiger charge is -2.17. The van der Waals surface area contributed by atoms with Crippen molar-refractivity contribution in [1.82, 2.24) is 15.5 Å². The highest BCUT2D eigenvalue weighted by atomic mass is 32.2. The van der Waals surface area contributed by atoms with Crippen LogP contribution in [0.3, 0.4) is 0 Å². The lowest BCUT2D eigenvalue weighted by atomic mass is 10.3. The van der Waals surface area contributed by atoms with Crippen LogP contribution in [-0.4, -0.2) is 62.6 Å². The molecule has 0 bridgehead atoms. The third-order valence-corrected chi connectivity index (χ3v) is 3.75. The van der Waals surface area contributed by atoms with Gasteiger partial charge in [-0.15, -0.1) is 0 Å². The van der Waals surface area contributed by atoms with Crippen LogP contribution in [0.15, 0.2) is 4.99 Å². The number of aliphatic imine (C=N–C) groups is 1. The molecular weight excluding hydrogens is 268 g/mol. The summed E-state index contributed by atoms with van der Waals surface area (Å²) in [5.41, 5.74) is 0. The van der Waals surface area contributed by atoms with Crippen molar-refractivity contribution in [2.75, 3.05) is 51.8 Å². The summed E-state index contributed by atoms with van der Waals surface area (Å²) in [6.45, 7) is 9.38. The molecular formula is C15H34N4S. The average Bonchev–Trinajstić information content (AvgIpc) is 2.44. The third-order valence-electron chi connectivity index (χ3n) is 3.05. The smallest absolute Gasteiger partial charge is 0.191 e. The quantitative estimate of drug-likeness (QED) is 0.330. The first-order chi connectivity index (χ1) is 9.74. The summed E-state index contributed by atoms with van der Waals surface area (Å²) in [5.74, 6) is 2.20. The Morgan fingerprint density at radius 3 is 2.55 bits per heavy atom. The van der Waals surface area contributed by atoms with Crippen LogP contribution in [0.25, 0.3) is 0 Å². The summed E-state index contributed by atoms with van der Waals surface area (Å²) in [6.07, 6.45) is 7.12. The van der Waals surface area contributed by atoms with Gasteiger partial charge in [0, 0.05) is 26.2 Å². The van der Waals surface area contributed by atoms with Crippen molar-refractivity contribution in [3.05, 3.63) is 0 Å². The molecule has 4 nitrogen and oxygen atoms in total. The zero-order chi connectivity index (χ0) is 15.1. The first kappa shape index (κ1) is 19.6. The SMILES string of the molecule is CCCCN(C)CCNC(=NCCCCSC)NCC. The molecule has 120 valence electrons. The van der Waals surface area contributed by atoms with Crippen molar-refractivity contribution in [3.8, 4) is 0 Å². The number of likely N-dealkylation sites (N-methyl/N-ethyl adjacent to an activating group) is 1. The summed E-state index contributed by atoms with van der Waals surface area (Å²) in [7, 11) is 2.18. The first-order valence-corrected chi connectivity index (χ1v) is 9.33. The Kier molecular flexibility index (Phi) is 14.7. The topological polar surface area (TPSA) is 39.7 Å². The van der Waals surface area contributed by atoms with Crippen LogP contribution in [0.2, 0.25) is 0 Å². The number of thioether (sulfide) groups is 1. The fraction of sp³-hybridized carbons (Fsp3) is 0.933. The molecule has 0 fully saturated rings. The Labute approximate surface area is 130 Å². The molecule has 2 N–H and O–H groups in total. The fourth-order valence-corrected chi connectivity index (χ4v) is 2.29. The van der Waals surface area contributed by atoms with Crippen molar-refractivity contribution >= 4 is 17.7 Å². The number of hydrogen-bond acceptors (Lipinski definition) is 3. The molecule has 0 aromatic carbocycles. The van der Waals surface area contributed by atoms with E-state index in [9.17, 15) is 0 Å². The number of hydrogen-bond donors (Lipinski definition) is 2. The molecule has 0 saturated heterocycles. The summed E-state index contributed by atoms with van der Waals surface area (Å²) < 4.78 is 0. The van der Waals surface area contributed by atoms with Crippen molar-refractivity contribution < 1.29 is 0 Å². The van der Waals surface area contributed by atoms with Gasteiger partial charge in [0.2, 0.25) is 0 Å². The molecule has 0 radical (unpaired) electrons. The molecule has 0 atom stereocenters. The van der Waals surface area contributed by atoms with Gasteiger partial charge in [-0.1, -0.05) is 13.3 Å². The van der Waals surface area contributed by atoms with Gasteiger partial charge in [0.15, 0.2) is 5.96 Å². The maximum absolute atomic E-state index is 4.61. The number of nitrogens with one attached hydrogen (secondary N) is 2. The van der Waals surface area contributed by atoms with Gasteiger partial charge in [-0.2, -0.15) is 11.8 Å². The molecule has 0 heterocycles. The standard InChI is InChI=1S/C15H34N4S/c1-5-7-12-19(3)13-11-18-15(16-6-2)17-10-8-9-14-20-4/h5-14H2,1-4H3,(H2,16,17,18). The van der Waals surface area contributed by atoms with E-state index in [2.05, 4.69) is 47.7 Å². The van der Waals surface area contributed by atoms with Crippen LogP contribution in [0.5, 0.6) is 0 Å². The molecule has 0 aromatic heterocycles. The number of nitrogens with zero attached hydrogens (tertiary/aromatic N) is 2. The summed E-state index contributed by atoms with van der Waals surface area (Å²) in [6, 6.07) is 0. The Balaban J connectivity index is 3.80. The molecule has 0 aliphatic rings. The Hall–Kier alpha value is -0.420. The van der Waals surface area contributed by atoms with Gasteiger partial charge in [-0.25, -0.2) is 0 Å². The van der Waals surface area contributed by atoms with Crippen LogP contribution in [0.4, 0.5) is 0 Å². The number of unbranched alkanes of at least 4 members (excludes halogenated alkanes) is 2. The van der Waals surface area contributed by atoms with Crippen molar-refractivity contribution in [1.29, 1.82) is 0 Å².